The molecule has 1 aromatic rings. The first-order valence-corrected chi connectivity index (χ1v) is 5.83. The number of anilines is 2. The molecule has 1 aliphatic rings. The number of nitrogens with two attached hydrogens (primary N) is 1. The van der Waals surface area contributed by atoms with Gasteiger partial charge in [-0.05, 0) is 31.7 Å². The first kappa shape index (κ1) is 11.2. The third-order valence-corrected chi connectivity index (χ3v) is 2.93. The molecule has 0 spiro atoms. The van der Waals surface area contributed by atoms with Crippen molar-refractivity contribution in [1.82, 2.24) is 4.98 Å². The molecule has 88 valence electrons. The molecule has 2 heterocycles. The Morgan fingerprint density at radius 2 is 2.44 bits per heavy atom. The quantitative estimate of drug-likeness (QED) is 0.819. The summed E-state index contributed by atoms with van der Waals surface area (Å²) in [5.74, 6) is 0.831. The minimum absolute atomic E-state index is 0.318. The number of aromatic nitrogens is 1. The summed E-state index contributed by atoms with van der Waals surface area (Å²) in [5, 5.41) is 3.27. The Hall–Kier alpha value is -1.29. The topological polar surface area (TPSA) is 60.2 Å². The minimum atomic E-state index is 0.318. The van der Waals surface area contributed by atoms with Crippen LogP contribution in [0, 0.1) is 6.92 Å². The van der Waals surface area contributed by atoms with Crippen molar-refractivity contribution in [2.45, 2.75) is 32.3 Å². The Labute approximate surface area is 96.2 Å². The molecule has 1 aliphatic heterocycles. The molecule has 1 atom stereocenters. The Bertz CT molecular complexity index is 348. The summed E-state index contributed by atoms with van der Waals surface area (Å²) in [5.41, 5.74) is 7.61. The van der Waals surface area contributed by atoms with Gasteiger partial charge in [-0.15, -0.1) is 0 Å². The number of pyridine rings is 1. The molecule has 1 aromatic heterocycles. The third kappa shape index (κ3) is 2.85. The van der Waals surface area contributed by atoms with Crippen LogP contribution in [0.15, 0.2) is 12.3 Å². The first-order chi connectivity index (χ1) is 7.75. The molecular weight excluding hydrogens is 202 g/mol. The van der Waals surface area contributed by atoms with Crippen molar-refractivity contribution in [2.75, 3.05) is 24.2 Å². The van der Waals surface area contributed by atoms with Crippen molar-refractivity contribution in [1.29, 1.82) is 0 Å². The molecule has 1 unspecified atom stereocenters. The minimum Gasteiger partial charge on any atom is -0.398 e. The molecule has 0 aromatic carbocycles. The molecule has 0 aliphatic carbocycles. The van der Waals surface area contributed by atoms with Gasteiger partial charge in [-0.3, -0.25) is 0 Å². The van der Waals surface area contributed by atoms with Crippen LogP contribution in [-0.2, 0) is 4.74 Å². The van der Waals surface area contributed by atoms with Gasteiger partial charge in [-0.2, -0.15) is 0 Å². The third-order valence-electron chi connectivity index (χ3n) is 2.93. The van der Waals surface area contributed by atoms with Crippen LogP contribution in [-0.4, -0.2) is 24.2 Å². The Kier molecular flexibility index (Phi) is 3.62. The average Bonchev–Trinajstić information content (AvgIpc) is 2.32. The van der Waals surface area contributed by atoms with E-state index in [1.807, 2.05) is 13.0 Å². The molecule has 3 N–H and O–H groups in total. The Morgan fingerprint density at radius 1 is 1.56 bits per heavy atom. The second-order valence-electron chi connectivity index (χ2n) is 4.30. The number of rotatable bonds is 3. The molecule has 16 heavy (non-hydrogen) atoms. The van der Waals surface area contributed by atoms with E-state index in [-0.39, 0.29) is 0 Å². The van der Waals surface area contributed by atoms with Crippen molar-refractivity contribution in [3.63, 3.8) is 0 Å². The fraction of sp³-hybridized carbons (Fsp3) is 0.583. The zero-order chi connectivity index (χ0) is 11.4. The lowest BCUT2D eigenvalue weighted by Crippen LogP contribution is -2.27. The molecule has 2 rings (SSSR count). The maximum Gasteiger partial charge on any atom is 0.128 e. The highest BCUT2D eigenvalue weighted by atomic mass is 16.5. The Balaban J connectivity index is 1.86. The fourth-order valence-corrected chi connectivity index (χ4v) is 1.82. The maximum absolute atomic E-state index is 5.82. The smallest absolute Gasteiger partial charge is 0.128 e. The molecule has 4 heteroatoms. The molecule has 4 nitrogen and oxygen atoms in total. The summed E-state index contributed by atoms with van der Waals surface area (Å²) in [7, 11) is 0. The normalized spacial score (nSPS) is 20.7. The summed E-state index contributed by atoms with van der Waals surface area (Å²) in [4.78, 5) is 4.28. The summed E-state index contributed by atoms with van der Waals surface area (Å²) in [6, 6.07) is 1.87. The van der Waals surface area contributed by atoms with Gasteiger partial charge in [-0.25, -0.2) is 4.98 Å². The molecule has 0 saturated carbocycles. The standard InChI is InChI=1S/C12H19N3O/c1-9-7-14-12(6-11(9)13)15-8-10-4-2-3-5-16-10/h6-7,10H,2-5,8H2,1H3,(H3,13,14,15). The SMILES string of the molecule is Cc1cnc(NCC2CCCCO2)cc1N. The van der Waals surface area contributed by atoms with Crippen LogP contribution >= 0.6 is 0 Å². The van der Waals surface area contributed by atoms with E-state index in [1.165, 1.54) is 12.8 Å². The first-order valence-electron chi connectivity index (χ1n) is 5.83. The fourth-order valence-electron chi connectivity index (χ4n) is 1.82. The van der Waals surface area contributed by atoms with Gasteiger partial charge in [0.1, 0.15) is 5.82 Å². The predicted molar refractivity (Wildman–Crippen MR) is 65.5 cm³/mol. The van der Waals surface area contributed by atoms with Crippen LogP contribution in [0.2, 0.25) is 0 Å². The summed E-state index contributed by atoms with van der Waals surface area (Å²) < 4.78 is 5.63. The number of nitrogen functional groups attached to an aromatic ring is 1. The van der Waals surface area contributed by atoms with Crippen molar-refractivity contribution in [3.05, 3.63) is 17.8 Å². The predicted octanol–water partition coefficient (Wildman–Crippen LogP) is 1.95. The van der Waals surface area contributed by atoms with E-state index >= 15 is 0 Å². The van der Waals surface area contributed by atoms with Gasteiger partial charge in [-0.1, -0.05) is 0 Å². The van der Waals surface area contributed by atoms with Crippen molar-refractivity contribution in [3.8, 4) is 0 Å². The zero-order valence-corrected chi connectivity index (χ0v) is 9.70. The molecule has 0 bridgehead atoms. The largest absolute Gasteiger partial charge is 0.398 e. The molecular formula is C12H19N3O. The summed E-state index contributed by atoms with van der Waals surface area (Å²) >= 11 is 0. The molecule has 0 amide bonds. The van der Waals surface area contributed by atoms with Gasteiger partial charge in [0.15, 0.2) is 0 Å². The second-order valence-corrected chi connectivity index (χ2v) is 4.30. The molecule has 1 saturated heterocycles. The van der Waals surface area contributed by atoms with E-state index in [9.17, 15) is 0 Å². The number of aryl methyl sites for hydroxylation is 1. The highest BCUT2D eigenvalue weighted by Crippen LogP contribution is 2.16. The van der Waals surface area contributed by atoms with Crippen LogP contribution in [0.25, 0.3) is 0 Å². The highest BCUT2D eigenvalue weighted by Gasteiger charge is 2.13. The van der Waals surface area contributed by atoms with Gasteiger partial charge < -0.3 is 15.8 Å². The van der Waals surface area contributed by atoms with Gasteiger partial charge in [0.25, 0.3) is 0 Å². The van der Waals surface area contributed by atoms with Gasteiger partial charge in [0, 0.05) is 31.1 Å². The zero-order valence-electron chi connectivity index (χ0n) is 9.70. The lowest BCUT2D eigenvalue weighted by molar-refractivity contribution is 0.0247. The molecule has 1 fully saturated rings. The van der Waals surface area contributed by atoms with E-state index in [0.717, 1.165) is 36.6 Å². The lowest BCUT2D eigenvalue weighted by Gasteiger charge is -2.23. The van der Waals surface area contributed by atoms with E-state index in [2.05, 4.69) is 10.3 Å². The number of hydrogen-bond acceptors (Lipinski definition) is 4. The molecule has 0 radical (unpaired) electrons. The van der Waals surface area contributed by atoms with Crippen LogP contribution in [0.3, 0.4) is 0 Å². The maximum atomic E-state index is 5.82. The number of nitrogens with one attached hydrogen (secondary N) is 1. The van der Waals surface area contributed by atoms with Crippen molar-refractivity contribution in [2.24, 2.45) is 0 Å². The van der Waals surface area contributed by atoms with E-state index < -0.39 is 0 Å². The van der Waals surface area contributed by atoms with Crippen molar-refractivity contribution < 1.29 is 4.74 Å². The van der Waals surface area contributed by atoms with Gasteiger partial charge in [0.05, 0.1) is 6.10 Å². The Morgan fingerprint density at radius 3 is 3.12 bits per heavy atom. The van der Waals surface area contributed by atoms with Crippen LogP contribution in [0.1, 0.15) is 24.8 Å². The van der Waals surface area contributed by atoms with E-state index in [1.54, 1.807) is 6.20 Å². The lowest BCUT2D eigenvalue weighted by atomic mass is 10.1. The van der Waals surface area contributed by atoms with E-state index in [0.29, 0.717) is 6.10 Å². The van der Waals surface area contributed by atoms with E-state index in [4.69, 9.17) is 10.5 Å². The highest BCUT2D eigenvalue weighted by molar-refractivity contribution is 5.53. The van der Waals surface area contributed by atoms with Crippen LogP contribution < -0.4 is 11.1 Å². The monoisotopic (exact) mass is 221 g/mol. The number of ether oxygens (including phenoxy) is 1. The van der Waals surface area contributed by atoms with Crippen LogP contribution in [0.5, 0.6) is 0 Å². The second kappa shape index (κ2) is 5.16. The number of nitrogens with zero attached hydrogens (tertiary/aromatic N) is 1. The summed E-state index contributed by atoms with van der Waals surface area (Å²) in [6.45, 7) is 3.65. The van der Waals surface area contributed by atoms with Crippen LogP contribution in [0.4, 0.5) is 11.5 Å². The number of hydrogen-bond donors (Lipinski definition) is 2. The van der Waals surface area contributed by atoms with Crippen molar-refractivity contribution >= 4 is 11.5 Å². The van der Waals surface area contributed by atoms with Gasteiger partial charge >= 0.3 is 0 Å². The summed E-state index contributed by atoms with van der Waals surface area (Å²) in [6.07, 6.45) is 5.69. The van der Waals surface area contributed by atoms with Gasteiger partial charge in [0.2, 0.25) is 0 Å². The average molecular weight is 221 g/mol.